The van der Waals surface area contributed by atoms with Crippen LogP contribution in [0.1, 0.15) is 30.4 Å². The van der Waals surface area contributed by atoms with Crippen molar-refractivity contribution in [1.82, 2.24) is 19.7 Å². The summed E-state index contributed by atoms with van der Waals surface area (Å²) in [5.74, 6) is 0.0650. The summed E-state index contributed by atoms with van der Waals surface area (Å²) in [6.07, 6.45) is 1.70. The lowest BCUT2D eigenvalue weighted by atomic mass is 10.2. The molecule has 25 heavy (non-hydrogen) atoms. The van der Waals surface area contributed by atoms with Crippen LogP contribution in [0.4, 0.5) is 5.13 Å². The number of hydrogen-bond acceptors (Lipinski definition) is 5. The van der Waals surface area contributed by atoms with Gasteiger partial charge in [0.25, 0.3) is 5.91 Å². The van der Waals surface area contributed by atoms with Crippen LogP contribution in [-0.4, -0.2) is 51.8 Å². The van der Waals surface area contributed by atoms with E-state index >= 15 is 0 Å². The molecule has 1 aliphatic rings. The lowest BCUT2D eigenvalue weighted by Gasteiger charge is -2.34. The number of para-hydroxylation sites is 1. The molecule has 3 aromatic rings. The predicted molar refractivity (Wildman–Crippen MR) is 100 cm³/mol. The number of piperazine rings is 1. The largest absolute Gasteiger partial charge is 0.345 e. The molecule has 6 nitrogen and oxygen atoms in total. The average Bonchev–Trinajstić information content (AvgIpc) is 3.28. The van der Waals surface area contributed by atoms with Crippen molar-refractivity contribution in [2.45, 2.75) is 19.9 Å². The molecule has 0 unspecified atom stereocenters. The van der Waals surface area contributed by atoms with E-state index in [0.717, 1.165) is 23.7 Å². The summed E-state index contributed by atoms with van der Waals surface area (Å²) >= 11 is 1.71. The fourth-order valence-electron chi connectivity index (χ4n) is 3.15. The molecule has 3 heterocycles. The molecule has 0 aliphatic carbocycles. The zero-order valence-electron chi connectivity index (χ0n) is 14.4. The van der Waals surface area contributed by atoms with Gasteiger partial charge in [0.05, 0.1) is 10.2 Å². The van der Waals surface area contributed by atoms with E-state index in [1.807, 2.05) is 43.0 Å². The number of aromatic nitrogens is 3. The van der Waals surface area contributed by atoms with Gasteiger partial charge >= 0.3 is 0 Å². The van der Waals surface area contributed by atoms with Gasteiger partial charge in [-0.05, 0) is 32.0 Å². The number of nitrogens with zero attached hydrogens (tertiary/aromatic N) is 5. The Hall–Kier alpha value is -2.41. The van der Waals surface area contributed by atoms with E-state index in [1.165, 1.54) is 4.70 Å². The van der Waals surface area contributed by atoms with E-state index in [1.54, 1.807) is 22.2 Å². The molecule has 130 valence electrons. The van der Waals surface area contributed by atoms with Crippen molar-refractivity contribution in [3.63, 3.8) is 0 Å². The fourth-order valence-corrected chi connectivity index (χ4v) is 4.17. The maximum atomic E-state index is 12.8. The van der Waals surface area contributed by atoms with Crippen LogP contribution < -0.4 is 4.90 Å². The minimum Gasteiger partial charge on any atom is -0.345 e. The molecule has 0 spiro atoms. The number of anilines is 1. The molecule has 1 amide bonds. The molecule has 0 radical (unpaired) electrons. The number of carbonyl (C=O) groups excluding carboxylic acids is 1. The van der Waals surface area contributed by atoms with Crippen LogP contribution in [0.25, 0.3) is 10.2 Å². The first-order valence-electron chi connectivity index (χ1n) is 8.57. The molecule has 0 atom stereocenters. The molecule has 0 saturated carbocycles. The summed E-state index contributed by atoms with van der Waals surface area (Å²) < 4.78 is 3.00. The van der Waals surface area contributed by atoms with E-state index in [-0.39, 0.29) is 11.9 Å². The highest BCUT2D eigenvalue weighted by Gasteiger charge is 2.26. The molecule has 1 aromatic carbocycles. The second kappa shape index (κ2) is 6.48. The van der Waals surface area contributed by atoms with Gasteiger partial charge < -0.3 is 9.80 Å². The minimum absolute atomic E-state index is 0.0650. The number of fused-ring (bicyclic) bond motifs is 1. The fraction of sp³-hybridized carbons (Fsp3) is 0.389. The topological polar surface area (TPSA) is 54.3 Å². The average molecular weight is 355 g/mol. The number of carbonyl (C=O) groups is 1. The Bertz CT molecular complexity index is 859. The Morgan fingerprint density at radius 2 is 1.88 bits per heavy atom. The predicted octanol–water partition coefficient (Wildman–Crippen LogP) is 3.04. The Labute approximate surface area is 150 Å². The van der Waals surface area contributed by atoms with Gasteiger partial charge in [0.15, 0.2) is 5.13 Å². The summed E-state index contributed by atoms with van der Waals surface area (Å²) in [4.78, 5) is 21.7. The summed E-state index contributed by atoms with van der Waals surface area (Å²) in [5, 5.41) is 5.31. The van der Waals surface area contributed by atoms with Crippen LogP contribution in [-0.2, 0) is 0 Å². The lowest BCUT2D eigenvalue weighted by molar-refractivity contribution is 0.0732. The number of amides is 1. The molecule has 1 aliphatic heterocycles. The van der Waals surface area contributed by atoms with Crippen molar-refractivity contribution in [2.24, 2.45) is 0 Å². The molecule has 1 fully saturated rings. The third kappa shape index (κ3) is 3.00. The molecule has 2 aromatic heterocycles. The van der Waals surface area contributed by atoms with E-state index < -0.39 is 0 Å². The van der Waals surface area contributed by atoms with Gasteiger partial charge in [-0.25, -0.2) is 4.98 Å². The van der Waals surface area contributed by atoms with Crippen LogP contribution in [0.2, 0.25) is 0 Å². The first kappa shape index (κ1) is 16.1. The second-order valence-electron chi connectivity index (χ2n) is 6.50. The van der Waals surface area contributed by atoms with Crippen molar-refractivity contribution in [1.29, 1.82) is 0 Å². The van der Waals surface area contributed by atoms with Gasteiger partial charge in [-0.1, -0.05) is 23.5 Å². The summed E-state index contributed by atoms with van der Waals surface area (Å²) in [5.41, 5.74) is 1.71. The minimum atomic E-state index is 0.0650. The molecular formula is C18H21N5OS. The first-order chi connectivity index (χ1) is 12.1. The van der Waals surface area contributed by atoms with Crippen LogP contribution in [0.15, 0.2) is 36.5 Å². The SMILES string of the molecule is CC(C)n1nccc1C(=O)N1CCN(c2nc3ccccc3s2)CC1. The molecule has 0 N–H and O–H groups in total. The number of benzene rings is 1. The molecular weight excluding hydrogens is 334 g/mol. The molecule has 4 rings (SSSR count). The third-order valence-corrected chi connectivity index (χ3v) is 5.60. The van der Waals surface area contributed by atoms with Crippen molar-refractivity contribution in [2.75, 3.05) is 31.1 Å². The lowest BCUT2D eigenvalue weighted by Crippen LogP contribution is -2.49. The van der Waals surface area contributed by atoms with Crippen molar-refractivity contribution >= 4 is 32.6 Å². The monoisotopic (exact) mass is 355 g/mol. The van der Waals surface area contributed by atoms with Crippen LogP contribution in [0, 0.1) is 0 Å². The van der Waals surface area contributed by atoms with E-state index in [9.17, 15) is 4.79 Å². The van der Waals surface area contributed by atoms with Crippen molar-refractivity contribution in [3.05, 3.63) is 42.2 Å². The smallest absolute Gasteiger partial charge is 0.272 e. The van der Waals surface area contributed by atoms with Gasteiger partial charge in [0.1, 0.15) is 5.69 Å². The Morgan fingerprint density at radius 1 is 1.12 bits per heavy atom. The maximum Gasteiger partial charge on any atom is 0.272 e. The Morgan fingerprint density at radius 3 is 2.60 bits per heavy atom. The van der Waals surface area contributed by atoms with E-state index in [0.29, 0.717) is 18.8 Å². The van der Waals surface area contributed by atoms with E-state index in [2.05, 4.69) is 16.1 Å². The molecule has 7 heteroatoms. The van der Waals surface area contributed by atoms with Gasteiger partial charge in [0, 0.05) is 38.4 Å². The van der Waals surface area contributed by atoms with Crippen molar-refractivity contribution < 1.29 is 4.79 Å². The Kier molecular flexibility index (Phi) is 4.17. The normalized spacial score (nSPS) is 15.3. The summed E-state index contributed by atoms with van der Waals surface area (Å²) in [7, 11) is 0. The van der Waals surface area contributed by atoms with Gasteiger partial charge in [-0.2, -0.15) is 5.10 Å². The van der Waals surface area contributed by atoms with Crippen LogP contribution in [0.5, 0.6) is 0 Å². The van der Waals surface area contributed by atoms with Gasteiger partial charge in [-0.15, -0.1) is 0 Å². The second-order valence-corrected chi connectivity index (χ2v) is 7.51. The number of thiazole rings is 1. The maximum absolute atomic E-state index is 12.8. The van der Waals surface area contributed by atoms with Crippen LogP contribution >= 0.6 is 11.3 Å². The Balaban J connectivity index is 1.46. The highest BCUT2D eigenvalue weighted by Crippen LogP contribution is 2.29. The summed E-state index contributed by atoms with van der Waals surface area (Å²) in [6.45, 7) is 7.10. The zero-order chi connectivity index (χ0) is 17.4. The number of hydrogen-bond donors (Lipinski definition) is 0. The highest BCUT2D eigenvalue weighted by atomic mass is 32.1. The zero-order valence-corrected chi connectivity index (χ0v) is 15.2. The highest BCUT2D eigenvalue weighted by molar-refractivity contribution is 7.22. The van der Waals surface area contributed by atoms with E-state index in [4.69, 9.17) is 4.98 Å². The molecule has 1 saturated heterocycles. The first-order valence-corrected chi connectivity index (χ1v) is 9.38. The van der Waals surface area contributed by atoms with Crippen molar-refractivity contribution in [3.8, 4) is 0 Å². The van der Waals surface area contributed by atoms with Gasteiger partial charge in [0.2, 0.25) is 0 Å². The van der Waals surface area contributed by atoms with Gasteiger partial charge in [-0.3, -0.25) is 9.48 Å². The standard InChI is InChI=1S/C18H21N5OS/c1-13(2)23-15(7-8-19-23)17(24)21-9-11-22(12-10-21)18-20-14-5-3-4-6-16(14)25-18/h3-8,13H,9-12H2,1-2H3. The molecule has 0 bridgehead atoms. The third-order valence-electron chi connectivity index (χ3n) is 4.50. The quantitative estimate of drug-likeness (QED) is 0.725. The number of rotatable bonds is 3. The van der Waals surface area contributed by atoms with Crippen LogP contribution in [0.3, 0.4) is 0 Å². The summed E-state index contributed by atoms with van der Waals surface area (Å²) in [6, 6.07) is 10.2.